The number of fused-ring (bicyclic) bond motifs is 7. The molecule has 4 heterocycles. The van der Waals surface area contributed by atoms with Gasteiger partial charge in [0.25, 0.3) is 6.36 Å². The SMILES string of the molecule is C=C1CC[C@@H]2[C@@H]3CCc4cc(OC(C)F)ccc4[C@@H]3CC[C@]12C.CC(F)Oc1ccc(O[C@H]2O[C@@H]3OC4(C)CC[C@@H]5[C@@H](C)CC[C@H]([C@H]2C)[C@]35OO4)cc1.FC(C1CCCCC1)C1CCCCC1.O=C(/C=C/c1ccccc1)OC(F)c1ccccc1. The molecule has 4 saturated heterocycles. The molecule has 5 saturated carbocycles. The summed E-state index contributed by atoms with van der Waals surface area (Å²) in [5.41, 5.74) is 5.34. The van der Waals surface area contributed by atoms with Crippen LogP contribution >= 0.6 is 0 Å². The largest absolute Gasteiger partial charge is 0.465 e. The molecule has 10 aliphatic rings. The van der Waals surface area contributed by atoms with Crippen LogP contribution in [-0.4, -0.2) is 48.8 Å². The molecule has 14 rings (SSSR count). The molecular formula is C73H94F4O9. The van der Waals surface area contributed by atoms with E-state index in [1.54, 1.807) is 60.7 Å². The van der Waals surface area contributed by atoms with Gasteiger partial charge in [0.05, 0.1) is 0 Å². The van der Waals surface area contributed by atoms with Gasteiger partial charge in [0.1, 0.15) is 23.4 Å². The van der Waals surface area contributed by atoms with Crippen LogP contribution in [0.1, 0.15) is 198 Å². The van der Waals surface area contributed by atoms with E-state index in [0.717, 1.165) is 75.2 Å². The van der Waals surface area contributed by atoms with Crippen LogP contribution in [0.25, 0.3) is 6.08 Å². The van der Waals surface area contributed by atoms with Gasteiger partial charge in [-0.1, -0.05) is 138 Å². The van der Waals surface area contributed by atoms with E-state index in [0.29, 0.717) is 57.8 Å². The summed E-state index contributed by atoms with van der Waals surface area (Å²) in [5, 5.41) is 0. The number of benzene rings is 4. The highest BCUT2D eigenvalue weighted by Crippen LogP contribution is 2.63. The van der Waals surface area contributed by atoms with Crippen LogP contribution in [-0.2, 0) is 35.2 Å². The van der Waals surface area contributed by atoms with E-state index in [1.165, 1.54) is 107 Å². The normalized spacial score (nSPS) is 33.0. The first kappa shape index (κ1) is 63.8. The molecule has 4 unspecified atom stereocenters. The first-order valence-electron chi connectivity index (χ1n) is 32.6. The van der Waals surface area contributed by atoms with Crippen molar-refractivity contribution in [3.63, 3.8) is 0 Å². The third-order valence-corrected chi connectivity index (χ3v) is 21.1. The van der Waals surface area contributed by atoms with Crippen LogP contribution in [0.3, 0.4) is 0 Å². The summed E-state index contributed by atoms with van der Waals surface area (Å²) < 4.78 is 87.9. The van der Waals surface area contributed by atoms with Gasteiger partial charge in [-0.2, -0.15) is 4.39 Å². The first-order valence-corrected chi connectivity index (χ1v) is 32.6. The fourth-order valence-corrected chi connectivity index (χ4v) is 16.5. The number of carbonyl (C=O) groups excluding carboxylic acids is 1. The lowest BCUT2D eigenvalue weighted by atomic mass is 9.55. The molecule has 4 aromatic carbocycles. The maximum absolute atomic E-state index is 14.2. The number of aryl methyl sites for hydroxylation is 1. The smallest absolute Gasteiger partial charge is 0.333 e. The molecule has 6 aliphatic carbocycles. The number of alkyl halides is 4. The Morgan fingerprint density at radius 1 is 0.651 bits per heavy atom. The second-order valence-corrected chi connectivity index (χ2v) is 26.7. The summed E-state index contributed by atoms with van der Waals surface area (Å²) in [6.07, 6.45) is 20.8. The maximum Gasteiger partial charge on any atom is 0.333 e. The predicted octanol–water partition coefficient (Wildman–Crippen LogP) is 19.2. The fraction of sp³-hybridized carbons (Fsp3) is 0.603. The zero-order valence-electron chi connectivity index (χ0n) is 51.7. The van der Waals surface area contributed by atoms with Crippen LogP contribution in [0.4, 0.5) is 17.6 Å². The average Bonchev–Trinajstić information content (AvgIpc) is 1.33. The molecule has 2 bridgehead atoms. The fourth-order valence-electron chi connectivity index (χ4n) is 16.5. The highest BCUT2D eigenvalue weighted by Gasteiger charge is 2.70. The Morgan fingerprint density at radius 3 is 1.94 bits per heavy atom. The number of hydrogen-bond acceptors (Lipinski definition) is 9. The number of rotatable bonds is 12. The minimum absolute atomic E-state index is 0.0905. The number of ether oxygens (including phenoxy) is 6. The zero-order chi connectivity index (χ0) is 60.6. The van der Waals surface area contributed by atoms with Crippen LogP contribution in [0, 0.1) is 52.8 Å². The van der Waals surface area contributed by atoms with Crippen molar-refractivity contribution in [2.45, 2.75) is 225 Å². The van der Waals surface area contributed by atoms with E-state index in [4.69, 9.17) is 33.5 Å². The summed E-state index contributed by atoms with van der Waals surface area (Å²) in [7, 11) is 0. The van der Waals surface area contributed by atoms with Crippen molar-refractivity contribution >= 4 is 12.0 Å². The van der Waals surface area contributed by atoms with Gasteiger partial charge in [-0.25, -0.2) is 27.7 Å². The second kappa shape index (κ2) is 28.5. The van der Waals surface area contributed by atoms with Crippen molar-refractivity contribution in [1.29, 1.82) is 0 Å². The first-order chi connectivity index (χ1) is 41.4. The Hall–Kier alpha value is -5.21. The van der Waals surface area contributed by atoms with Gasteiger partial charge in [-0.3, -0.25) is 0 Å². The Labute approximate surface area is 509 Å². The van der Waals surface area contributed by atoms with Crippen LogP contribution in [0.15, 0.2) is 121 Å². The summed E-state index contributed by atoms with van der Waals surface area (Å²) in [6, 6.07) is 30.7. The van der Waals surface area contributed by atoms with Gasteiger partial charge in [-0.05, 0) is 196 Å². The van der Waals surface area contributed by atoms with Crippen LogP contribution < -0.4 is 14.2 Å². The van der Waals surface area contributed by atoms with Crippen LogP contribution in [0.5, 0.6) is 17.2 Å². The van der Waals surface area contributed by atoms with Crippen molar-refractivity contribution in [2.75, 3.05) is 0 Å². The molecule has 0 aromatic heterocycles. The minimum atomic E-state index is -1.74. The lowest BCUT2D eigenvalue weighted by molar-refractivity contribution is -0.575. The molecule has 13 heteroatoms. The minimum Gasteiger partial charge on any atom is -0.465 e. The third kappa shape index (κ3) is 14.7. The third-order valence-electron chi connectivity index (χ3n) is 21.1. The molecule has 4 aliphatic heterocycles. The Balaban J connectivity index is 0.000000132. The summed E-state index contributed by atoms with van der Waals surface area (Å²) in [5.74, 6) is 4.55. The molecule has 15 atom stereocenters. The van der Waals surface area contributed by atoms with Crippen molar-refractivity contribution in [1.82, 2.24) is 0 Å². The lowest BCUT2D eigenvalue weighted by Gasteiger charge is -2.60. The predicted molar refractivity (Wildman–Crippen MR) is 326 cm³/mol. The van der Waals surface area contributed by atoms with Gasteiger partial charge < -0.3 is 28.4 Å². The molecule has 4 aromatic rings. The number of esters is 1. The molecular weight excluding hydrogens is 1100 g/mol. The van der Waals surface area contributed by atoms with E-state index < -0.39 is 55.2 Å². The van der Waals surface area contributed by atoms with Crippen molar-refractivity contribution in [2.24, 2.45) is 52.8 Å². The van der Waals surface area contributed by atoms with Gasteiger partial charge >= 0.3 is 5.97 Å². The topological polar surface area (TPSA) is 90.9 Å². The van der Waals surface area contributed by atoms with Crippen molar-refractivity contribution < 1.29 is 60.6 Å². The van der Waals surface area contributed by atoms with Gasteiger partial charge in [0, 0.05) is 43.7 Å². The summed E-state index contributed by atoms with van der Waals surface area (Å²) in [4.78, 5) is 23.4. The molecule has 468 valence electrons. The van der Waals surface area contributed by atoms with E-state index in [2.05, 4.69) is 44.2 Å². The number of allylic oxidation sites excluding steroid dienone is 1. The number of halogens is 4. The van der Waals surface area contributed by atoms with Crippen LogP contribution in [0.2, 0.25) is 0 Å². The maximum atomic E-state index is 14.2. The van der Waals surface area contributed by atoms with Gasteiger partial charge in [0.2, 0.25) is 24.8 Å². The number of carbonyl (C=O) groups is 1. The summed E-state index contributed by atoms with van der Waals surface area (Å²) in [6.45, 7) is 16.0. The van der Waals surface area contributed by atoms with E-state index in [-0.39, 0.29) is 11.8 Å². The number of hydrogen-bond donors (Lipinski definition) is 0. The lowest BCUT2D eigenvalue weighted by Crippen LogP contribution is -2.70. The molecule has 86 heavy (non-hydrogen) atoms. The highest BCUT2D eigenvalue weighted by molar-refractivity contribution is 5.87. The Bertz CT molecular complexity index is 2820. The van der Waals surface area contributed by atoms with E-state index in [1.807, 2.05) is 43.3 Å². The average molecular weight is 1190 g/mol. The molecule has 0 N–H and O–H groups in total. The monoisotopic (exact) mass is 1190 g/mol. The van der Waals surface area contributed by atoms with Crippen molar-refractivity contribution in [3.8, 4) is 17.2 Å². The van der Waals surface area contributed by atoms with E-state index in [9.17, 15) is 22.4 Å². The van der Waals surface area contributed by atoms with Gasteiger partial charge in [-0.15, -0.1) is 0 Å². The Morgan fingerprint density at radius 2 is 1.28 bits per heavy atom. The van der Waals surface area contributed by atoms with Gasteiger partial charge in [0.15, 0.2) is 11.9 Å². The second-order valence-electron chi connectivity index (χ2n) is 26.7. The van der Waals surface area contributed by atoms with Crippen molar-refractivity contribution in [3.05, 3.63) is 144 Å². The zero-order valence-corrected chi connectivity index (χ0v) is 51.7. The summed E-state index contributed by atoms with van der Waals surface area (Å²) >= 11 is 0. The standard InChI is InChI=1S/C23H31FO6.C21H27FO.C16H13FO2.C13H23F/c1-13-5-10-19-14(2)20(26-17-8-6-16(7-9-17)25-15(3)24)27-21-23(19)18(13)11-12-22(4,28-21)29-30-23;1-13-4-9-20-19-7-5-15-12-16(23-14(2)22)6-8-17(15)18(19)10-11-21(13,20)3;17-16(14-9-5-2-6-10-14)19-15(18)12-11-13-7-3-1-4-8-13;14-13(11-7-3-1-4-8-11)12-9-5-2-6-10-12/h6-9,13-15,18-21H,5,10-12H2,1-4H3;6,8,12,14,18-20H,1,4-5,7,9-11H2,2-3H3;1-12,16H;11-13H,1-10H2/b;;12-11+;/t13-,14+,15?,18+,19+,20-,21+,22?,23-;14?,18-,19+,20+,21+;;/m00../s1. The Kier molecular flexibility index (Phi) is 21.2. The molecule has 0 amide bonds. The highest BCUT2D eigenvalue weighted by atomic mass is 19.2. The quantitative estimate of drug-likeness (QED) is 0.0452. The molecule has 1 spiro atoms. The molecule has 9 fully saturated rings. The molecule has 0 radical (unpaired) electrons. The van der Waals surface area contributed by atoms with E-state index >= 15 is 0 Å². The molecule has 9 nitrogen and oxygen atoms in total.